The van der Waals surface area contributed by atoms with E-state index in [0.717, 1.165) is 11.0 Å². The van der Waals surface area contributed by atoms with Crippen LogP contribution in [0.15, 0.2) is 4.34 Å². The van der Waals surface area contributed by atoms with Crippen molar-refractivity contribution in [2.45, 2.75) is 43.0 Å². The van der Waals surface area contributed by atoms with Crippen molar-refractivity contribution >= 4 is 34.2 Å². The van der Waals surface area contributed by atoms with Crippen LogP contribution in [0.3, 0.4) is 0 Å². The number of aliphatic carboxylic acids is 1. The number of nitrogens with one attached hydrogen (secondary N) is 1. The van der Waals surface area contributed by atoms with Crippen LogP contribution in [0.1, 0.15) is 32.6 Å². The van der Waals surface area contributed by atoms with Gasteiger partial charge in [-0.1, -0.05) is 35.9 Å². The molecule has 1 fully saturated rings. The molecule has 0 aromatic carbocycles. The topological polar surface area (TPSA) is 75.1 Å². The maximum atomic E-state index is 10.5. The number of aromatic nitrogens is 2. The molecule has 7 heteroatoms. The molecule has 5 nitrogen and oxygen atoms in total. The van der Waals surface area contributed by atoms with Gasteiger partial charge in [0, 0.05) is 6.04 Å². The average molecular weight is 287 g/mol. The van der Waals surface area contributed by atoms with Gasteiger partial charge in [0.15, 0.2) is 4.34 Å². The Morgan fingerprint density at radius 3 is 2.94 bits per heavy atom. The molecule has 0 amide bonds. The summed E-state index contributed by atoms with van der Waals surface area (Å²) < 4.78 is 0.707. The number of hydrogen-bond acceptors (Lipinski definition) is 6. The number of rotatable bonds is 6. The van der Waals surface area contributed by atoms with Gasteiger partial charge in [0.1, 0.15) is 0 Å². The maximum Gasteiger partial charge on any atom is 0.313 e. The van der Waals surface area contributed by atoms with E-state index in [0.29, 0.717) is 10.4 Å². The first-order valence-corrected chi connectivity index (χ1v) is 7.90. The van der Waals surface area contributed by atoms with Crippen LogP contribution in [0.5, 0.6) is 0 Å². The Hall–Kier alpha value is -0.820. The van der Waals surface area contributed by atoms with Crippen molar-refractivity contribution in [2.24, 2.45) is 5.92 Å². The van der Waals surface area contributed by atoms with Crippen LogP contribution < -0.4 is 5.32 Å². The van der Waals surface area contributed by atoms with Gasteiger partial charge in [-0.05, 0) is 25.7 Å². The predicted octanol–water partition coefficient (Wildman–Crippen LogP) is 2.71. The van der Waals surface area contributed by atoms with Crippen LogP contribution in [0.2, 0.25) is 0 Å². The fourth-order valence-corrected chi connectivity index (χ4v) is 3.79. The monoisotopic (exact) mass is 287 g/mol. The Balaban J connectivity index is 1.83. The molecule has 0 aliphatic heterocycles. The summed E-state index contributed by atoms with van der Waals surface area (Å²) in [5.74, 6) is -0.0691. The minimum Gasteiger partial charge on any atom is -0.481 e. The van der Waals surface area contributed by atoms with Crippen molar-refractivity contribution in [1.29, 1.82) is 0 Å². The zero-order valence-corrected chi connectivity index (χ0v) is 11.9. The minimum atomic E-state index is -0.830. The first-order chi connectivity index (χ1) is 8.65. The number of thioether (sulfide) groups is 1. The number of nitrogens with zero attached hydrogens (tertiary/aromatic N) is 2. The van der Waals surface area contributed by atoms with Gasteiger partial charge >= 0.3 is 5.97 Å². The van der Waals surface area contributed by atoms with Gasteiger partial charge in [-0.3, -0.25) is 4.79 Å². The van der Waals surface area contributed by atoms with E-state index in [2.05, 4.69) is 22.4 Å². The van der Waals surface area contributed by atoms with Gasteiger partial charge in [0.05, 0.1) is 5.75 Å². The van der Waals surface area contributed by atoms with E-state index in [1.54, 1.807) is 0 Å². The quantitative estimate of drug-likeness (QED) is 0.784. The summed E-state index contributed by atoms with van der Waals surface area (Å²) in [4.78, 5) is 10.5. The van der Waals surface area contributed by atoms with Crippen molar-refractivity contribution in [3.8, 4) is 0 Å². The van der Waals surface area contributed by atoms with E-state index in [9.17, 15) is 4.79 Å². The Kier molecular flexibility index (Phi) is 4.82. The van der Waals surface area contributed by atoms with Crippen molar-refractivity contribution in [3.05, 3.63) is 0 Å². The van der Waals surface area contributed by atoms with Gasteiger partial charge in [0.2, 0.25) is 5.13 Å². The lowest BCUT2D eigenvalue weighted by molar-refractivity contribution is -0.133. The third kappa shape index (κ3) is 3.84. The zero-order chi connectivity index (χ0) is 13.0. The molecule has 1 aliphatic rings. The molecular weight excluding hydrogens is 270 g/mol. The lowest BCUT2D eigenvalue weighted by atomic mass is 10.0. The summed E-state index contributed by atoms with van der Waals surface area (Å²) in [5, 5.41) is 20.8. The number of carboxylic acid groups (broad SMARTS) is 1. The summed E-state index contributed by atoms with van der Waals surface area (Å²) in [6.07, 6.45) is 5.22. The molecule has 0 saturated heterocycles. The number of hydrogen-bond donors (Lipinski definition) is 2. The second-order valence-electron chi connectivity index (χ2n) is 4.53. The Morgan fingerprint density at radius 2 is 2.28 bits per heavy atom. The lowest BCUT2D eigenvalue weighted by Gasteiger charge is -2.19. The highest BCUT2D eigenvalue weighted by molar-refractivity contribution is 8.01. The number of carbonyl (C=O) groups is 1. The van der Waals surface area contributed by atoms with E-state index in [1.165, 1.54) is 48.8 Å². The van der Waals surface area contributed by atoms with Crippen molar-refractivity contribution in [1.82, 2.24) is 10.2 Å². The SMILES string of the molecule is CC(Nc1nnc(SCC(=O)O)s1)C1CCCC1. The third-order valence-electron chi connectivity index (χ3n) is 3.18. The van der Waals surface area contributed by atoms with E-state index in [-0.39, 0.29) is 5.75 Å². The van der Waals surface area contributed by atoms with Crippen molar-refractivity contribution < 1.29 is 9.90 Å². The molecule has 1 aromatic rings. The molecule has 2 N–H and O–H groups in total. The average Bonchev–Trinajstić information content (AvgIpc) is 2.97. The van der Waals surface area contributed by atoms with Gasteiger partial charge in [-0.15, -0.1) is 10.2 Å². The highest BCUT2D eigenvalue weighted by atomic mass is 32.2. The molecule has 1 unspecified atom stereocenters. The molecule has 1 aliphatic carbocycles. The Labute approximate surface area is 114 Å². The van der Waals surface area contributed by atoms with Crippen LogP contribution in [0.25, 0.3) is 0 Å². The molecule has 1 atom stereocenters. The van der Waals surface area contributed by atoms with Crippen LogP contribution in [-0.2, 0) is 4.79 Å². The summed E-state index contributed by atoms with van der Waals surface area (Å²) in [6, 6.07) is 0.415. The van der Waals surface area contributed by atoms with E-state index in [4.69, 9.17) is 5.11 Å². The third-order valence-corrected chi connectivity index (χ3v) is 5.16. The highest BCUT2D eigenvalue weighted by Gasteiger charge is 2.22. The maximum absolute atomic E-state index is 10.5. The summed E-state index contributed by atoms with van der Waals surface area (Å²) in [5.41, 5.74) is 0. The molecule has 0 spiro atoms. The Bertz CT molecular complexity index is 405. The summed E-state index contributed by atoms with van der Waals surface area (Å²) in [6.45, 7) is 2.18. The molecule has 100 valence electrons. The second-order valence-corrected chi connectivity index (χ2v) is 6.73. The van der Waals surface area contributed by atoms with Gasteiger partial charge in [0.25, 0.3) is 0 Å². The summed E-state index contributed by atoms with van der Waals surface area (Å²) >= 11 is 2.64. The second kappa shape index (κ2) is 6.38. The fourth-order valence-electron chi connectivity index (χ4n) is 2.22. The largest absolute Gasteiger partial charge is 0.481 e. The normalized spacial score (nSPS) is 17.8. The van der Waals surface area contributed by atoms with Crippen LogP contribution in [0.4, 0.5) is 5.13 Å². The first kappa shape index (κ1) is 13.6. The zero-order valence-electron chi connectivity index (χ0n) is 10.3. The first-order valence-electron chi connectivity index (χ1n) is 6.10. The van der Waals surface area contributed by atoms with Crippen molar-refractivity contribution in [2.75, 3.05) is 11.1 Å². The molecular formula is C11H17N3O2S2. The van der Waals surface area contributed by atoms with Crippen LogP contribution >= 0.6 is 23.1 Å². The molecule has 0 radical (unpaired) electrons. The van der Waals surface area contributed by atoms with Gasteiger partial charge in [-0.2, -0.15) is 0 Å². The summed E-state index contributed by atoms with van der Waals surface area (Å²) in [7, 11) is 0. The highest BCUT2D eigenvalue weighted by Crippen LogP contribution is 2.31. The molecule has 2 rings (SSSR count). The predicted molar refractivity (Wildman–Crippen MR) is 73.3 cm³/mol. The number of anilines is 1. The fraction of sp³-hybridized carbons (Fsp3) is 0.727. The minimum absolute atomic E-state index is 0.0345. The molecule has 1 saturated carbocycles. The molecule has 0 bridgehead atoms. The van der Waals surface area contributed by atoms with Crippen LogP contribution in [0, 0.1) is 5.92 Å². The van der Waals surface area contributed by atoms with Crippen molar-refractivity contribution in [3.63, 3.8) is 0 Å². The molecule has 18 heavy (non-hydrogen) atoms. The molecule has 1 heterocycles. The van der Waals surface area contributed by atoms with Gasteiger partial charge in [-0.25, -0.2) is 0 Å². The lowest BCUT2D eigenvalue weighted by Crippen LogP contribution is -2.23. The standard InChI is InChI=1S/C11H17N3O2S2/c1-7(8-4-2-3-5-8)12-10-13-14-11(18-10)17-6-9(15)16/h7-8H,2-6H2,1H3,(H,12,13)(H,15,16). The van der Waals surface area contributed by atoms with E-state index < -0.39 is 5.97 Å². The number of carboxylic acids is 1. The van der Waals surface area contributed by atoms with E-state index >= 15 is 0 Å². The van der Waals surface area contributed by atoms with Crippen LogP contribution in [-0.4, -0.2) is 33.1 Å². The Morgan fingerprint density at radius 1 is 1.56 bits per heavy atom. The van der Waals surface area contributed by atoms with Gasteiger partial charge < -0.3 is 10.4 Å². The van der Waals surface area contributed by atoms with E-state index in [1.807, 2.05) is 0 Å². The smallest absolute Gasteiger partial charge is 0.313 e. The molecule has 1 aromatic heterocycles.